The fourth-order valence-corrected chi connectivity index (χ4v) is 1.98. The van der Waals surface area contributed by atoms with Gasteiger partial charge in [0, 0.05) is 25.0 Å². The Labute approximate surface area is 119 Å². The van der Waals surface area contributed by atoms with Crippen LogP contribution in [0.5, 0.6) is 0 Å². The second kappa shape index (κ2) is 6.86. The summed E-state index contributed by atoms with van der Waals surface area (Å²) in [6.45, 7) is 4.84. The molecule has 0 saturated heterocycles. The van der Waals surface area contributed by atoms with E-state index in [-0.39, 0.29) is 11.9 Å². The monoisotopic (exact) mass is 272 g/mol. The Bertz CT molecular complexity index is 549. The van der Waals surface area contributed by atoms with Crippen LogP contribution in [-0.2, 0) is 11.3 Å². The number of aromatic nitrogens is 2. The van der Waals surface area contributed by atoms with Gasteiger partial charge in [0.05, 0.1) is 12.2 Å². The molecule has 5 nitrogen and oxygen atoms in total. The zero-order valence-electron chi connectivity index (χ0n) is 11.8. The Balaban J connectivity index is 1.95. The molecule has 0 aliphatic carbocycles. The molecule has 106 valence electrons. The molecule has 2 rings (SSSR count). The molecule has 2 N–H and O–H groups in total. The summed E-state index contributed by atoms with van der Waals surface area (Å²) in [5, 5.41) is 10.2. The lowest BCUT2D eigenvalue weighted by molar-refractivity contribution is -0.120. The van der Waals surface area contributed by atoms with Gasteiger partial charge in [-0.2, -0.15) is 5.10 Å². The summed E-state index contributed by atoms with van der Waals surface area (Å²) in [6.07, 6.45) is 3.66. The first-order valence-corrected chi connectivity index (χ1v) is 6.75. The van der Waals surface area contributed by atoms with E-state index < -0.39 is 0 Å². The number of carbonyl (C=O) groups is 1. The average Bonchev–Trinajstić information content (AvgIpc) is 2.92. The van der Waals surface area contributed by atoms with Gasteiger partial charge in [0.25, 0.3) is 0 Å². The minimum absolute atomic E-state index is 0.0107. The third-order valence-corrected chi connectivity index (χ3v) is 2.79. The normalized spacial score (nSPS) is 10.8. The van der Waals surface area contributed by atoms with E-state index in [9.17, 15) is 4.79 Å². The van der Waals surface area contributed by atoms with Gasteiger partial charge in [-0.25, -0.2) is 4.68 Å². The van der Waals surface area contributed by atoms with Gasteiger partial charge in [-0.05, 0) is 31.5 Å². The smallest absolute Gasteiger partial charge is 0.234 e. The van der Waals surface area contributed by atoms with Crippen LogP contribution in [-0.4, -0.2) is 28.3 Å². The summed E-state index contributed by atoms with van der Waals surface area (Å²) in [4.78, 5) is 11.6. The van der Waals surface area contributed by atoms with Gasteiger partial charge in [0.15, 0.2) is 0 Å². The molecule has 2 aromatic rings. The summed E-state index contributed by atoms with van der Waals surface area (Å²) in [6, 6.07) is 10.1. The molecule has 5 heteroatoms. The van der Waals surface area contributed by atoms with E-state index in [2.05, 4.69) is 15.7 Å². The Morgan fingerprint density at radius 2 is 2.10 bits per heavy atom. The Morgan fingerprint density at radius 1 is 1.30 bits per heavy atom. The summed E-state index contributed by atoms with van der Waals surface area (Å²) in [5.74, 6) is 0.0107. The van der Waals surface area contributed by atoms with Crippen molar-refractivity contribution in [1.29, 1.82) is 0 Å². The number of hydrogen-bond acceptors (Lipinski definition) is 3. The molecule has 1 aromatic heterocycles. The lowest BCUT2D eigenvalue weighted by Crippen LogP contribution is -2.37. The van der Waals surface area contributed by atoms with Crippen LogP contribution in [0.2, 0.25) is 0 Å². The fourth-order valence-electron chi connectivity index (χ4n) is 1.98. The molecular weight excluding hydrogens is 252 g/mol. The van der Waals surface area contributed by atoms with Gasteiger partial charge in [-0.1, -0.05) is 18.2 Å². The fraction of sp³-hybridized carbons (Fsp3) is 0.333. The van der Waals surface area contributed by atoms with E-state index in [0.29, 0.717) is 13.1 Å². The molecule has 0 aliphatic rings. The number of amides is 1. The van der Waals surface area contributed by atoms with E-state index in [1.54, 1.807) is 6.20 Å². The first-order valence-electron chi connectivity index (χ1n) is 6.75. The average molecular weight is 272 g/mol. The van der Waals surface area contributed by atoms with E-state index >= 15 is 0 Å². The number of carbonyl (C=O) groups excluding carboxylic acids is 1. The summed E-state index contributed by atoms with van der Waals surface area (Å²) < 4.78 is 1.82. The maximum Gasteiger partial charge on any atom is 0.234 e. The van der Waals surface area contributed by atoms with Gasteiger partial charge in [0.1, 0.15) is 0 Å². The lowest BCUT2D eigenvalue weighted by Gasteiger charge is -2.12. The Kier molecular flexibility index (Phi) is 4.90. The van der Waals surface area contributed by atoms with E-state index in [4.69, 9.17) is 0 Å². The standard InChI is InChI=1S/C15H20N4O/c1-12(2)18-15(20)11-16-10-13-6-3-4-7-14(13)19-9-5-8-17-19/h3-9,12,16H,10-11H2,1-2H3,(H,18,20). The lowest BCUT2D eigenvalue weighted by atomic mass is 10.2. The van der Waals surface area contributed by atoms with Crippen molar-refractivity contribution in [2.75, 3.05) is 6.54 Å². The topological polar surface area (TPSA) is 59.0 Å². The van der Waals surface area contributed by atoms with Crippen LogP contribution >= 0.6 is 0 Å². The van der Waals surface area contributed by atoms with Gasteiger partial charge in [-0.15, -0.1) is 0 Å². The van der Waals surface area contributed by atoms with Crippen molar-refractivity contribution in [3.8, 4) is 5.69 Å². The molecular formula is C15H20N4O. The SMILES string of the molecule is CC(C)NC(=O)CNCc1ccccc1-n1cccn1. The van der Waals surface area contributed by atoms with Crippen LogP contribution in [0.15, 0.2) is 42.7 Å². The highest BCUT2D eigenvalue weighted by Crippen LogP contribution is 2.12. The Hall–Kier alpha value is -2.14. The van der Waals surface area contributed by atoms with Crippen molar-refractivity contribution in [2.45, 2.75) is 26.4 Å². The third-order valence-electron chi connectivity index (χ3n) is 2.79. The first-order chi connectivity index (χ1) is 9.66. The number of para-hydroxylation sites is 1. The van der Waals surface area contributed by atoms with Gasteiger partial charge < -0.3 is 10.6 Å². The molecule has 1 amide bonds. The Morgan fingerprint density at radius 3 is 2.80 bits per heavy atom. The van der Waals surface area contributed by atoms with Crippen molar-refractivity contribution >= 4 is 5.91 Å². The first kappa shape index (κ1) is 14.3. The molecule has 1 heterocycles. The predicted molar refractivity (Wildman–Crippen MR) is 78.5 cm³/mol. The van der Waals surface area contributed by atoms with Crippen LogP contribution in [0, 0.1) is 0 Å². The maximum atomic E-state index is 11.6. The quantitative estimate of drug-likeness (QED) is 0.837. The minimum Gasteiger partial charge on any atom is -0.353 e. The molecule has 0 fully saturated rings. The van der Waals surface area contributed by atoms with Crippen LogP contribution < -0.4 is 10.6 Å². The zero-order chi connectivity index (χ0) is 14.4. The largest absolute Gasteiger partial charge is 0.353 e. The molecule has 0 spiro atoms. The number of hydrogen-bond donors (Lipinski definition) is 2. The third kappa shape index (κ3) is 3.93. The molecule has 0 saturated carbocycles. The van der Waals surface area contributed by atoms with Crippen molar-refractivity contribution in [3.05, 3.63) is 48.3 Å². The van der Waals surface area contributed by atoms with E-state index in [0.717, 1.165) is 11.3 Å². The summed E-state index contributed by atoms with van der Waals surface area (Å²) in [5.41, 5.74) is 2.13. The van der Waals surface area contributed by atoms with E-state index in [1.165, 1.54) is 0 Å². The predicted octanol–water partition coefficient (Wildman–Crippen LogP) is 1.49. The van der Waals surface area contributed by atoms with Crippen molar-refractivity contribution < 1.29 is 4.79 Å². The molecule has 0 aliphatic heterocycles. The van der Waals surface area contributed by atoms with Crippen LogP contribution in [0.4, 0.5) is 0 Å². The number of rotatable bonds is 6. The molecule has 0 atom stereocenters. The van der Waals surface area contributed by atoms with Gasteiger partial charge >= 0.3 is 0 Å². The highest BCUT2D eigenvalue weighted by molar-refractivity contribution is 5.78. The number of nitrogens with zero attached hydrogens (tertiary/aromatic N) is 2. The summed E-state index contributed by atoms with van der Waals surface area (Å²) in [7, 11) is 0. The van der Waals surface area contributed by atoms with Crippen molar-refractivity contribution in [2.24, 2.45) is 0 Å². The van der Waals surface area contributed by atoms with Crippen molar-refractivity contribution in [3.63, 3.8) is 0 Å². The van der Waals surface area contributed by atoms with Crippen molar-refractivity contribution in [1.82, 2.24) is 20.4 Å². The zero-order valence-corrected chi connectivity index (χ0v) is 11.8. The number of nitrogens with one attached hydrogen (secondary N) is 2. The highest BCUT2D eigenvalue weighted by atomic mass is 16.1. The molecule has 1 aromatic carbocycles. The van der Waals surface area contributed by atoms with Gasteiger partial charge in [0.2, 0.25) is 5.91 Å². The molecule has 20 heavy (non-hydrogen) atoms. The van der Waals surface area contributed by atoms with Gasteiger partial charge in [-0.3, -0.25) is 4.79 Å². The number of benzene rings is 1. The van der Waals surface area contributed by atoms with Crippen LogP contribution in [0.25, 0.3) is 5.69 Å². The minimum atomic E-state index is 0.0107. The maximum absolute atomic E-state index is 11.6. The molecule has 0 radical (unpaired) electrons. The van der Waals surface area contributed by atoms with Crippen LogP contribution in [0.1, 0.15) is 19.4 Å². The summed E-state index contributed by atoms with van der Waals surface area (Å²) >= 11 is 0. The second-order valence-electron chi connectivity index (χ2n) is 4.91. The second-order valence-corrected chi connectivity index (χ2v) is 4.91. The highest BCUT2D eigenvalue weighted by Gasteiger charge is 2.06. The van der Waals surface area contributed by atoms with E-state index in [1.807, 2.05) is 55.1 Å². The molecule has 0 bridgehead atoms. The molecule has 0 unspecified atom stereocenters. The van der Waals surface area contributed by atoms with Crippen LogP contribution in [0.3, 0.4) is 0 Å².